The van der Waals surface area contributed by atoms with Crippen LogP contribution in [-0.4, -0.2) is 43.4 Å². The van der Waals surface area contributed by atoms with Gasteiger partial charge in [0.1, 0.15) is 5.60 Å². The Labute approximate surface area is 201 Å². The van der Waals surface area contributed by atoms with E-state index in [1.165, 1.54) is 0 Å². The molecule has 0 spiro atoms. The molecule has 0 aromatic heterocycles. The molecule has 0 saturated carbocycles. The normalized spacial score (nSPS) is 20.6. The molecule has 1 aliphatic heterocycles. The second-order valence-electron chi connectivity index (χ2n) is 3.97. The fourth-order valence-electron chi connectivity index (χ4n) is 1.49. The van der Waals surface area contributed by atoms with Crippen molar-refractivity contribution in [3.05, 3.63) is 0 Å². The average Bonchev–Trinajstić information content (AvgIpc) is 3.08. The van der Waals surface area contributed by atoms with E-state index in [0.29, 0.717) is 0 Å². The summed E-state index contributed by atoms with van der Waals surface area (Å²) in [5.74, 6) is -2.77. The first kappa shape index (κ1) is 23.7. The van der Waals surface area contributed by atoms with Crippen LogP contribution in [0.4, 0.5) is 4.79 Å². The summed E-state index contributed by atoms with van der Waals surface area (Å²) in [6, 6.07) is -1.23. The number of carbonyl (C=O) groups is 3. The molecule has 0 bridgehead atoms. The first-order valence-electron chi connectivity index (χ1n) is 5.32. The van der Waals surface area contributed by atoms with E-state index in [1.54, 1.807) is 0 Å². The maximum atomic E-state index is 10.9. The van der Waals surface area contributed by atoms with Crippen LogP contribution >= 0.6 is 0 Å². The number of rotatable bonds is 7. The SMILES string of the molecule is COC(=O)NC(CCCC1(C(=O)[O-])CO1)C(=O)[O-].[K+].[K+]. The summed E-state index contributed by atoms with van der Waals surface area (Å²) in [6.45, 7) is 0.0652. The Kier molecular flexibility index (Phi) is 13.1. The molecular formula is C10H13K2NO7. The molecule has 0 radical (unpaired) electrons. The quantitative estimate of drug-likeness (QED) is 0.360. The number of carboxylic acids is 2. The molecule has 1 saturated heterocycles. The van der Waals surface area contributed by atoms with Gasteiger partial charge in [-0.2, -0.15) is 0 Å². The number of carbonyl (C=O) groups excluding carboxylic acids is 3. The summed E-state index contributed by atoms with van der Waals surface area (Å²) >= 11 is 0. The van der Waals surface area contributed by atoms with Crippen molar-refractivity contribution in [3.8, 4) is 0 Å². The Bertz CT molecular complexity index is 360. The van der Waals surface area contributed by atoms with Crippen LogP contribution in [0.3, 0.4) is 0 Å². The van der Waals surface area contributed by atoms with E-state index in [-0.39, 0.29) is 129 Å². The summed E-state index contributed by atoms with van der Waals surface area (Å²) in [4.78, 5) is 32.2. The van der Waals surface area contributed by atoms with Crippen molar-refractivity contribution in [1.82, 2.24) is 5.32 Å². The molecule has 10 heteroatoms. The fourth-order valence-corrected chi connectivity index (χ4v) is 1.49. The smallest absolute Gasteiger partial charge is 0.548 e. The third-order valence-electron chi connectivity index (χ3n) is 2.70. The minimum Gasteiger partial charge on any atom is -0.548 e. The molecule has 2 unspecified atom stereocenters. The zero-order chi connectivity index (χ0) is 13.8. The zero-order valence-corrected chi connectivity index (χ0v) is 18.0. The van der Waals surface area contributed by atoms with Crippen LogP contribution in [0.2, 0.25) is 0 Å². The maximum Gasteiger partial charge on any atom is 1.00 e. The van der Waals surface area contributed by atoms with E-state index in [2.05, 4.69) is 10.1 Å². The Morgan fingerprint density at radius 3 is 2.25 bits per heavy atom. The summed E-state index contributed by atoms with van der Waals surface area (Å²) < 4.78 is 9.02. The van der Waals surface area contributed by atoms with E-state index < -0.39 is 29.7 Å². The van der Waals surface area contributed by atoms with Crippen LogP contribution in [0.5, 0.6) is 0 Å². The standard InChI is InChI=1S/C10H15NO7.2K/c1-17-9(16)11-6(7(12)13)3-2-4-10(5-18-10)8(14)15;;/h6H,2-5H2,1H3,(H,11,16)(H,12,13)(H,14,15);;/q;2*+1/p-2. The second-order valence-corrected chi connectivity index (χ2v) is 3.97. The molecule has 0 aromatic rings. The van der Waals surface area contributed by atoms with Gasteiger partial charge < -0.3 is 34.6 Å². The predicted octanol–water partition coefficient (Wildman–Crippen LogP) is -8.84. The van der Waals surface area contributed by atoms with E-state index in [9.17, 15) is 24.6 Å². The first-order valence-corrected chi connectivity index (χ1v) is 5.32. The molecule has 1 aliphatic rings. The van der Waals surface area contributed by atoms with E-state index >= 15 is 0 Å². The maximum absolute atomic E-state index is 10.9. The van der Waals surface area contributed by atoms with Crippen LogP contribution in [-0.2, 0) is 19.1 Å². The van der Waals surface area contributed by atoms with Crippen molar-refractivity contribution in [3.63, 3.8) is 0 Å². The number of hydrogen-bond acceptors (Lipinski definition) is 7. The molecule has 1 amide bonds. The molecule has 1 rings (SSSR count). The van der Waals surface area contributed by atoms with Crippen molar-refractivity contribution in [2.45, 2.75) is 30.9 Å². The molecule has 0 aliphatic carbocycles. The van der Waals surface area contributed by atoms with Gasteiger partial charge in [0, 0.05) is 0 Å². The Morgan fingerprint density at radius 2 is 1.90 bits per heavy atom. The summed E-state index contributed by atoms with van der Waals surface area (Å²) in [6.07, 6.45) is -0.504. The van der Waals surface area contributed by atoms with Gasteiger partial charge in [-0.15, -0.1) is 0 Å². The molecule has 1 fully saturated rings. The van der Waals surface area contributed by atoms with Crippen LogP contribution in [0.15, 0.2) is 0 Å². The number of amides is 1. The Balaban J connectivity index is 0. The molecule has 2 atom stereocenters. The summed E-state index contributed by atoms with van der Waals surface area (Å²) in [5.41, 5.74) is -1.29. The summed E-state index contributed by atoms with van der Waals surface area (Å²) in [5, 5.41) is 23.5. The molecule has 1 heterocycles. The number of nitrogens with one attached hydrogen (secondary N) is 1. The molecular weight excluding hydrogens is 324 g/mol. The van der Waals surface area contributed by atoms with Gasteiger partial charge in [0.2, 0.25) is 0 Å². The van der Waals surface area contributed by atoms with Gasteiger partial charge >= 0.3 is 109 Å². The minimum absolute atomic E-state index is 0. The average molecular weight is 337 g/mol. The second kappa shape index (κ2) is 11.1. The minimum atomic E-state index is -1.46. The van der Waals surface area contributed by atoms with Crippen LogP contribution < -0.4 is 118 Å². The van der Waals surface area contributed by atoms with E-state index in [4.69, 9.17) is 4.74 Å². The monoisotopic (exact) mass is 337 g/mol. The zero-order valence-electron chi connectivity index (χ0n) is 11.8. The third-order valence-corrected chi connectivity index (χ3v) is 2.70. The topological polar surface area (TPSA) is 131 Å². The van der Waals surface area contributed by atoms with Crippen LogP contribution in [0.1, 0.15) is 19.3 Å². The van der Waals surface area contributed by atoms with Gasteiger partial charge in [0.05, 0.1) is 31.7 Å². The number of hydrogen-bond donors (Lipinski definition) is 1. The number of aliphatic carboxylic acids is 2. The predicted molar refractivity (Wildman–Crippen MR) is 51.9 cm³/mol. The summed E-state index contributed by atoms with van der Waals surface area (Å²) in [7, 11) is 1.10. The van der Waals surface area contributed by atoms with Gasteiger partial charge in [0.25, 0.3) is 0 Å². The molecule has 0 aromatic carbocycles. The van der Waals surface area contributed by atoms with Gasteiger partial charge in [-0.1, -0.05) is 0 Å². The molecule has 8 nitrogen and oxygen atoms in total. The molecule has 20 heavy (non-hydrogen) atoms. The number of methoxy groups -OCH3 is 1. The van der Waals surface area contributed by atoms with Crippen molar-refractivity contribution >= 4 is 18.0 Å². The Hall–Kier alpha value is 1.44. The van der Waals surface area contributed by atoms with Crippen molar-refractivity contribution in [2.75, 3.05) is 13.7 Å². The fraction of sp³-hybridized carbons (Fsp3) is 0.700. The number of carboxylic acid groups (broad SMARTS) is 2. The van der Waals surface area contributed by atoms with E-state index in [1.807, 2.05) is 0 Å². The van der Waals surface area contributed by atoms with Crippen molar-refractivity contribution < 1.29 is 137 Å². The van der Waals surface area contributed by atoms with Crippen molar-refractivity contribution in [2.24, 2.45) is 0 Å². The molecule has 102 valence electrons. The molecule has 1 N–H and O–H groups in total. The number of ether oxygens (including phenoxy) is 2. The number of alkyl carbamates (subject to hydrolysis) is 1. The van der Waals surface area contributed by atoms with Gasteiger partial charge in [-0.25, -0.2) is 4.79 Å². The Morgan fingerprint density at radius 1 is 1.35 bits per heavy atom. The first-order chi connectivity index (χ1) is 8.41. The van der Waals surface area contributed by atoms with Crippen LogP contribution in [0.25, 0.3) is 0 Å². The van der Waals surface area contributed by atoms with E-state index in [0.717, 1.165) is 7.11 Å². The van der Waals surface area contributed by atoms with Gasteiger partial charge in [-0.05, 0) is 19.3 Å². The van der Waals surface area contributed by atoms with Crippen LogP contribution in [0, 0.1) is 0 Å². The van der Waals surface area contributed by atoms with Gasteiger partial charge in [-0.3, -0.25) is 0 Å². The largest absolute Gasteiger partial charge is 1.00 e. The third kappa shape index (κ3) is 7.63. The van der Waals surface area contributed by atoms with Crippen molar-refractivity contribution in [1.29, 1.82) is 0 Å². The van der Waals surface area contributed by atoms with Gasteiger partial charge in [0.15, 0.2) is 0 Å². The number of epoxide rings is 1.